The van der Waals surface area contributed by atoms with E-state index < -0.39 is 12.0 Å². The molecule has 4 nitrogen and oxygen atoms in total. The molecule has 1 aromatic heterocycles. The zero-order chi connectivity index (χ0) is 15.4. The minimum absolute atomic E-state index is 0.281. The molecular formula is C17H19NO3. The second-order valence-electron chi connectivity index (χ2n) is 5.33. The maximum atomic E-state index is 11.9. The first kappa shape index (κ1) is 15.0. The highest BCUT2D eigenvalue weighted by Gasteiger charge is 2.20. The summed E-state index contributed by atoms with van der Waals surface area (Å²) in [5.41, 5.74) is 2.84. The molecule has 0 fully saturated rings. The summed E-state index contributed by atoms with van der Waals surface area (Å²) in [7, 11) is 0. The molecule has 1 N–H and O–H groups in total. The first-order valence-electron chi connectivity index (χ1n) is 6.94. The van der Waals surface area contributed by atoms with Gasteiger partial charge in [-0.05, 0) is 37.8 Å². The normalized spacial score (nSPS) is 12.1. The smallest absolute Gasteiger partial charge is 0.326 e. The van der Waals surface area contributed by atoms with Crippen LogP contribution in [0, 0.1) is 13.8 Å². The fraction of sp³-hybridized carbons (Fsp3) is 0.294. The number of carbonyl (C=O) groups is 1. The molecule has 0 aliphatic rings. The molecule has 0 saturated carbocycles. The maximum absolute atomic E-state index is 11.9. The Hall–Kier alpha value is -2.36. The van der Waals surface area contributed by atoms with E-state index >= 15 is 0 Å². The van der Waals surface area contributed by atoms with Crippen molar-refractivity contribution < 1.29 is 9.90 Å². The predicted octanol–water partition coefficient (Wildman–Crippen LogP) is 2.72. The largest absolute Gasteiger partial charge is 0.480 e. The zero-order valence-electron chi connectivity index (χ0n) is 12.2. The minimum Gasteiger partial charge on any atom is -0.480 e. The van der Waals surface area contributed by atoms with Crippen LogP contribution in [0.4, 0.5) is 0 Å². The minimum atomic E-state index is -0.977. The number of pyridine rings is 1. The van der Waals surface area contributed by atoms with E-state index in [4.69, 9.17) is 0 Å². The van der Waals surface area contributed by atoms with Gasteiger partial charge in [-0.2, -0.15) is 0 Å². The van der Waals surface area contributed by atoms with Crippen LogP contribution in [0.1, 0.15) is 29.2 Å². The van der Waals surface area contributed by atoms with Crippen LogP contribution < -0.4 is 5.56 Å². The van der Waals surface area contributed by atoms with Crippen molar-refractivity contribution in [2.45, 2.75) is 32.7 Å². The first-order valence-corrected chi connectivity index (χ1v) is 6.94. The summed E-state index contributed by atoms with van der Waals surface area (Å²) >= 11 is 0. The average Bonchev–Trinajstić information content (AvgIpc) is 2.44. The molecule has 0 spiro atoms. The molecule has 2 aromatic rings. The van der Waals surface area contributed by atoms with Crippen LogP contribution in [0.15, 0.2) is 47.4 Å². The lowest BCUT2D eigenvalue weighted by atomic mass is 10.0. The molecule has 1 heterocycles. The third kappa shape index (κ3) is 3.81. The molecule has 21 heavy (non-hydrogen) atoms. The Bertz CT molecular complexity index is 686. The Morgan fingerprint density at radius 2 is 1.71 bits per heavy atom. The molecule has 1 aromatic carbocycles. The molecule has 1 atom stereocenters. The quantitative estimate of drug-likeness (QED) is 0.919. The Labute approximate surface area is 123 Å². The summed E-state index contributed by atoms with van der Waals surface area (Å²) < 4.78 is 1.31. The van der Waals surface area contributed by atoms with Crippen LogP contribution in [-0.4, -0.2) is 15.6 Å². The van der Waals surface area contributed by atoms with Gasteiger partial charge in [-0.3, -0.25) is 4.79 Å². The van der Waals surface area contributed by atoms with E-state index in [0.29, 0.717) is 12.8 Å². The molecule has 110 valence electrons. The van der Waals surface area contributed by atoms with E-state index in [0.717, 1.165) is 11.1 Å². The van der Waals surface area contributed by atoms with Gasteiger partial charge in [-0.1, -0.05) is 35.9 Å². The second-order valence-corrected chi connectivity index (χ2v) is 5.33. The number of hydrogen-bond acceptors (Lipinski definition) is 2. The van der Waals surface area contributed by atoms with Crippen molar-refractivity contribution in [3.8, 4) is 0 Å². The van der Waals surface area contributed by atoms with Gasteiger partial charge in [0.05, 0.1) is 0 Å². The van der Waals surface area contributed by atoms with E-state index in [1.54, 1.807) is 12.3 Å². The van der Waals surface area contributed by atoms with Gasteiger partial charge < -0.3 is 9.67 Å². The topological polar surface area (TPSA) is 59.3 Å². The monoisotopic (exact) mass is 285 g/mol. The third-order valence-corrected chi connectivity index (χ3v) is 3.53. The Morgan fingerprint density at radius 3 is 2.33 bits per heavy atom. The molecule has 2 rings (SSSR count). The van der Waals surface area contributed by atoms with Crippen LogP contribution in [0.3, 0.4) is 0 Å². The number of rotatable bonds is 5. The Balaban J connectivity index is 2.20. The molecule has 1 unspecified atom stereocenters. The summed E-state index contributed by atoms with van der Waals surface area (Å²) in [5, 5.41) is 9.40. The van der Waals surface area contributed by atoms with Gasteiger partial charge in [0.15, 0.2) is 0 Å². The van der Waals surface area contributed by atoms with E-state index in [-0.39, 0.29) is 5.56 Å². The van der Waals surface area contributed by atoms with Gasteiger partial charge in [-0.25, -0.2) is 4.79 Å². The highest BCUT2D eigenvalue weighted by atomic mass is 16.4. The second kappa shape index (κ2) is 6.39. The lowest BCUT2D eigenvalue weighted by molar-refractivity contribution is -0.141. The van der Waals surface area contributed by atoms with Gasteiger partial charge in [-0.15, -0.1) is 0 Å². The number of nitrogens with zero attached hydrogens (tertiary/aromatic N) is 1. The van der Waals surface area contributed by atoms with Crippen molar-refractivity contribution >= 4 is 5.97 Å². The Morgan fingerprint density at radius 1 is 1.10 bits per heavy atom. The van der Waals surface area contributed by atoms with Crippen LogP contribution in [0.5, 0.6) is 0 Å². The summed E-state index contributed by atoms with van der Waals surface area (Å²) in [5.74, 6) is -0.977. The van der Waals surface area contributed by atoms with Gasteiger partial charge in [0.25, 0.3) is 5.56 Å². The fourth-order valence-electron chi connectivity index (χ4n) is 2.30. The van der Waals surface area contributed by atoms with E-state index in [1.807, 2.05) is 38.1 Å². The van der Waals surface area contributed by atoms with E-state index in [2.05, 4.69) is 0 Å². The highest BCUT2D eigenvalue weighted by Crippen LogP contribution is 2.15. The number of benzene rings is 1. The highest BCUT2D eigenvalue weighted by molar-refractivity contribution is 5.71. The van der Waals surface area contributed by atoms with Crippen LogP contribution in [0.2, 0.25) is 0 Å². The number of aromatic nitrogens is 1. The SMILES string of the molecule is Cc1ccc(CCC(C(=O)O)n2cc(C)ccc2=O)cc1. The summed E-state index contributed by atoms with van der Waals surface area (Å²) in [6.45, 7) is 3.85. The summed E-state index contributed by atoms with van der Waals surface area (Å²) in [6, 6.07) is 10.3. The number of aryl methyl sites for hydroxylation is 3. The van der Waals surface area contributed by atoms with Crippen molar-refractivity contribution in [2.75, 3.05) is 0 Å². The van der Waals surface area contributed by atoms with Crippen molar-refractivity contribution in [3.05, 3.63) is 69.6 Å². The first-order chi connectivity index (χ1) is 9.97. The standard InChI is InChI=1S/C17H19NO3/c1-12-3-6-14(7-4-12)8-9-15(17(20)21)18-11-13(2)5-10-16(18)19/h3-7,10-11,15H,8-9H2,1-2H3,(H,20,21). The van der Waals surface area contributed by atoms with Gasteiger partial charge in [0.1, 0.15) is 6.04 Å². The van der Waals surface area contributed by atoms with E-state index in [1.165, 1.54) is 16.2 Å². The van der Waals surface area contributed by atoms with E-state index in [9.17, 15) is 14.7 Å². The Kier molecular flexibility index (Phi) is 4.58. The number of aliphatic carboxylic acids is 1. The lowest BCUT2D eigenvalue weighted by Gasteiger charge is -2.16. The molecule has 4 heteroatoms. The van der Waals surface area contributed by atoms with Crippen LogP contribution in [0.25, 0.3) is 0 Å². The van der Waals surface area contributed by atoms with Crippen LogP contribution >= 0.6 is 0 Å². The number of carboxylic acid groups (broad SMARTS) is 1. The molecule has 0 aliphatic carbocycles. The van der Waals surface area contributed by atoms with Crippen LogP contribution in [-0.2, 0) is 11.2 Å². The summed E-state index contributed by atoms with van der Waals surface area (Å²) in [6.07, 6.45) is 2.62. The van der Waals surface area contributed by atoms with Crippen molar-refractivity contribution in [2.24, 2.45) is 0 Å². The predicted molar refractivity (Wildman–Crippen MR) is 81.6 cm³/mol. The zero-order valence-corrected chi connectivity index (χ0v) is 12.2. The molecule has 0 aliphatic heterocycles. The molecular weight excluding hydrogens is 266 g/mol. The summed E-state index contributed by atoms with van der Waals surface area (Å²) in [4.78, 5) is 23.4. The lowest BCUT2D eigenvalue weighted by Crippen LogP contribution is -2.29. The molecule has 0 amide bonds. The number of hydrogen-bond donors (Lipinski definition) is 1. The molecule has 0 saturated heterocycles. The van der Waals surface area contributed by atoms with Crippen molar-refractivity contribution in [3.63, 3.8) is 0 Å². The fourth-order valence-corrected chi connectivity index (χ4v) is 2.30. The van der Waals surface area contributed by atoms with Gasteiger partial charge in [0.2, 0.25) is 0 Å². The van der Waals surface area contributed by atoms with Gasteiger partial charge >= 0.3 is 5.97 Å². The third-order valence-electron chi connectivity index (χ3n) is 3.53. The molecule has 0 radical (unpaired) electrons. The average molecular weight is 285 g/mol. The van der Waals surface area contributed by atoms with Gasteiger partial charge in [0, 0.05) is 12.3 Å². The number of carboxylic acids is 1. The van der Waals surface area contributed by atoms with Crippen molar-refractivity contribution in [1.29, 1.82) is 0 Å². The van der Waals surface area contributed by atoms with Crippen molar-refractivity contribution in [1.82, 2.24) is 4.57 Å². The molecule has 0 bridgehead atoms. The maximum Gasteiger partial charge on any atom is 0.326 e.